The van der Waals surface area contributed by atoms with Crippen molar-refractivity contribution in [2.75, 3.05) is 55.4 Å². The van der Waals surface area contributed by atoms with Gasteiger partial charge >= 0.3 is 0 Å². The van der Waals surface area contributed by atoms with E-state index in [9.17, 15) is 9.18 Å². The summed E-state index contributed by atoms with van der Waals surface area (Å²) in [5, 5.41) is 2.84. The third-order valence-electron chi connectivity index (χ3n) is 8.82. The predicted octanol–water partition coefficient (Wildman–Crippen LogP) is 5.73. The first-order valence-corrected chi connectivity index (χ1v) is 15.3. The number of amides is 1. The number of nitrogens with one attached hydrogen (secondary N) is 1. The summed E-state index contributed by atoms with van der Waals surface area (Å²) in [6.07, 6.45) is 9.31. The molecule has 11 heteroatoms. The van der Waals surface area contributed by atoms with Gasteiger partial charge in [0.15, 0.2) is 11.6 Å². The van der Waals surface area contributed by atoms with Gasteiger partial charge < -0.3 is 19.9 Å². The Hall–Kier alpha value is -4.64. The number of benzene rings is 2. The Bertz CT molecular complexity index is 1680. The molecule has 234 valence electrons. The second-order valence-corrected chi connectivity index (χ2v) is 12.6. The summed E-state index contributed by atoms with van der Waals surface area (Å²) >= 11 is 0. The van der Waals surface area contributed by atoms with Crippen LogP contribution in [0.25, 0.3) is 11.1 Å². The molecule has 10 nitrogen and oxygen atoms in total. The van der Waals surface area contributed by atoms with E-state index >= 15 is 0 Å². The number of rotatable bonds is 10. The van der Waals surface area contributed by atoms with Crippen LogP contribution in [-0.2, 0) is 11.3 Å². The zero-order chi connectivity index (χ0) is 31.6. The second-order valence-electron chi connectivity index (χ2n) is 12.6. The molecule has 1 N–H and O–H groups in total. The molecule has 2 fully saturated rings. The summed E-state index contributed by atoms with van der Waals surface area (Å²) < 4.78 is 21.0. The van der Waals surface area contributed by atoms with Crippen LogP contribution < -0.4 is 19.9 Å². The lowest BCUT2D eigenvalue weighted by molar-refractivity contribution is -0.105. The summed E-state index contributed by atoms with van der Waals surface area (Å²) in [5.41, 5.74) is 5.24. The maximum absolute atomic E-state index is 14.5. The first kappa shape index (κ1) is 30.4. The van der Waals surface area contributed by atoms with Gasteiger partial charge in [0, 0.05) is 63.0 Å². The SMILES string of the molecule is CC(C)c1ncncc1-c1cc(F)ccc1Oc1cncnc1N1CCC2(CCN(Cc3ccc(N(C)C)c(NC=O)c3)C2)C1. The van der Waals surface area contributed by atoms with Gasteiger partial charge in [-0.2, -0.15) is 0 Å². The molecule has 4 aromatic rings. The van der Waals surface area contributed by atoms with Crippen molar-refractivity contribution < 1.29 is 13.9 Å². The van der Waals surface area contributed by atoms with E-state index in [0.717, 1.165) is 80.4 Å². The molecule has 1 atom stereocenters. The number of aromatic nitrogens is 4. The molecule has 2 aromatic heterocycles. The number of hydrogen-bond donors (Lipinski definition) is 1. The molecule has 1 amide bonds. The summed E-state index contributed by atoms with van der Waals surface area (Å²) in [6.45, 7) is 8.60. The first-order valence-electron chi connectivity index (χ1n) is 15.3. The minimum Gasteiger partial charge on any atom is -0.451 e. The van der Waals surface area contributed by atoms with Crippen LogP contribution in [-0.4, -0.2) is 71.5 Å². The van der Waals surface area contributed by atoms with E-state index < -0.39 is 0 Å². The number of carbonyl (C=O) groups is 1. The zero-order valence-corrected chi connectivity index (χ0v) is 26.2. The fourth-order valence-electron chi connectivity index (χ4n) is 6.67. The predicted molar refractivity (Wildman–Crippen MR) is 173 cm³/mol. The molecular weight excluding hydrogens is 571 g/mol. The minimum atomic E-state index is -0.363. The zero-order valence-electron chi connectivity index (χ0n) is 26.2. The number of anilines is 3. The highest BCUT2D eigenvalue weighted by Crippen LogP contribution is 2.44. The molecular formula is C34H39FN8O2. The molecule has 2 saturated heterocycles. The van der Waals surface area contributed by atoms with Crippen LogP contribution in [0, 0.1) is 11.2 Å². The first-order chi connectivity index (χ1) is 21.7. The fraction of sp³-hybridized carbons (Fsp3) is 0.382. The Balaban J connectivity index is 1.19. The lowest BCUT2D eigenvalue weighted by Gasteiger charge is -2.26. The molecule has 45 heavy (non-hydrogen) atoms. The van der Waals surface area contributed by atoms with Crippen molar-refractivity contribution in [3.63, 3.8) is 0 Å². The van der Waals surface area contributed by atoms with Crippen molar-refractivity contribution in [3.05, 3.63) is 78.5 Å². The van der Waals surface area contributed by atoms with Gasteiger partial charge in [-0.3, -0.25) is 9.69 Å². The van der Waals surface area contributed by atoms with Crippen LogP contribution in [0.3, 0.4) is 0 Å². The van der Waals surface area contributed by atoms with Gasteiger partial charge in [0.25, 0.3) is 0 Å². The van der Waals surface area contributed by atoms with Crippen LogP contribution >= 0.6 is 0 Å². The molecule has 1 unspecified atom stereocenters. The number of nitrogens with zero attached hydrogens (tertiary/aromatic N) is 7. The summed E-state index contributed by atoms with van der Waals surface area (Å²) in [6, 6.07) is 10.8. The van der Waals surface area contributed by atoms with Gasteiger partial charge in [-0.1, -0.05) is 19.9 Å². The summed E-state index contributed by atoms with van der Waals surface area (Å²) in [7, 11) is 3.93. The molecule has 0 aliphatic carbocycles. The number of halogens is 1. The number of carbonyl (C=O) groups excluding carboxylic acids is 1. The maximum Gasteiger partial charge on any atom is 0.211 e. The van der Waals surface area contributed by atoms with Gasteiger partial charge in [0.1, 0.15) is 24.2 Å². The van der Waals surface area contributed by atoms with Crippen LogP contribution in [0.1, 0.15) is 43.9 Å². The topological polar surface area (TPSA) is 99.6 Å². The van der Waals surface area contributed by atoms with Gasteiger partial charge in [-0.15, -0.1) is 0 Å². The number of likely N-dealkylation sites (tertiary alicyclic amines) is 1. The highest BCUT2D eigenvalue weighted by Gasteiger charge is 2.44. The van der Waals surface area contributed by atoms with E-state index in [-0.39, 0.29) is 17.2 Å². The van der Waals surface area contributed by atoms with E-state index in [0.29, 0.717) is 17.1 Å². The summed E-state index contributed by atoms with van der Waals surface area (Å²) in [4.78, 5) is 35.6. The van der Waals surface area contributed by atoms with Gasteiger partial charge in [0.2, 0.25) is 6.41 Å². The quantitative estimate of drug-likeness (QED) is 0.226. The van der Waals surface area contributed by atoms with E-state index in [1.54, 1.807) is 24.8 Å². The Morgan fingerprint density at radius 1 is 1.00 bits per heavy atom. The third-order valence-corrected chi connectivity index (χ3v) is 8.82. The smallest absolute Gasteiger partial charge is 0.211 e. The fourth-order valence-corrected chi connectivity index (χ4v) is 6.67. The van der Waals surface area contributed by atoms with Crippen molar-refractivity contribution in [1.29, 1.82) is 0 Å². The molecule has 0 bridgehead atoms. The lowest BCUT2D eigenvalue weighted by Crippen LogP contribution is -2.31. The van der Waals surface area contributed by atoms with Crippen LogP contribution in [0.15, 0.2) is 61.4 Å². The average molecular weight is 611 g/mol. The number of hydrogen-bond acceptors (Lipinski definition) is 9. The van der Waals surface area contributed by atoms with Crippen molar-refractivity contribution >= 4 is 23.6 Å². The van der Waals surface area contributed by atoms with Crippen LogP contribution in [0.5, 0.6) is 11.5 Å². The van der Waals surface area contributed by atoms with E-state index in [4.69, 9.17) is 4.74 Å². The van der Waals surface area contributed by atoms with E-state index in [1.165, 1.54) is 24.0 Å². The van der Waals surface area contributed by atoms with Crippen LogP contribution in [0.4, 0.5) is 21.6 Å². The highest BCUT2D eigenvalue weighted by atomic mass is 19.1. The minimum absolute atomic E-state index is 0.119. The van der Waals surface area contributed by atoms with Gasteiger partial charge in [-0.25, -0.2) is 24.3 Å². The largest absolute Gasteiger partial charge is 0.451 e. The van der Waals surface area contributed by atoms with Gasteiger partial charge in [0.05, 0.1) is 23.3 Å². The van der Waals surface area contributed by atoms with Crippen molar-refractivity contribution in [2.24, 2.45) is 5.41 Å². The molecule has 0 radical (unpaired) electrons. The molecule has 0 saturated carbocycles. The van der Waals surface area contributed by atoms with Crippen molar-refractivity contribution in [1.82, 2.24) is 24.8 Å². The molecule has 4 heterocycles. The molecule has 6 rings (SSSR count). The van der Waals surface area contributed by atoms with Gasteiger partial charge in [-0.05, 0) is 61.2 Å². The Kier molecular flexibility index (Phi) is 8.62. The molecule has 2 aromatic carbocycles. The average Bonchev–Trinajstić information content (AvgIpc) is 3.63. The molecule has 1 spiro atoms. The second kappa shape index (κ2) is 12.8. The van der Waals surface area contributed by atoms with Crippen molar-refractivity contribution in [2.45, 2.75) is 39.2 Å². The Labute approximate surface area is 263 Å². The highest BCUT2D eigenvalue weighted by molar-refractivity contribution is 5.81. The van der Waals surface area contributed by atoms with E-state index in [2.05, 4.69) is 53.3 Å². The van der Waals surface area contributed by atoms with E-state index in [1.807, 2.05) is 32.8 Å². The number of ether oxygens (including phenoxy) is 1. The normalized spacial score (nSPS) is 18.1. The standard InChI is InChI=1S/C34H39FN8O2/c1-23(2)32-27(15-36-20-38-32)26-14-25(35)6-8-30(26)45-31-16-37-21-39-33(31)43-12-10-34(19-43)9-11-42(18-34)17-24-5-7-29(41(3)4)28(13-24)40-22-44/h5-8,13-16,20-23H,9-12,17-19H2,1-4H3,(H,40,44). The van der Waals surface area contributed by atoms with Crippen LogP contribution in [0.2, 0.25) is 0 Å². The van der Waals surface area contributed by atoms with Crippen molar-refractivity contribution in [3.8, 4) is 22.6 Å². The monoisotopic (exact) mass is 610 g/mol. The molecule has 2 aliphatic rings. The maximum atomic E-state index is 14.5. The Morgan fingerprint density at radius 2 is 1.80 bits per heavy atom. The summed E-state index contributed by atoms with van der Waals surface area (Å²) in [5.74, 6) is 1.50. The Morgan fingerprint density at radius 3 is 2.60 bits per heavy atom. The lowest BCUT2D eigenvalue weighted by atomic mass is 9.86. The molecule has 2 aliphatic heterocycles. The third kappa shape index (κ3) is 6.44.